The van der Waals surface area contributed by atoms with E-state index in [0.29, 0.717) is 0 Å². The first-order chi connectivity index (χ1) is 19.2. The maximum absolute atomic E-state index is 13.8. The van der Waals surface area contributed by atoms with Gasteiger partial charge in [0.25, 0.3) is 0 Å². The van der Waals surface area contributed by atoms with Crippen LogP contribution in [-0.4, -0.2) is 69.4 Å². The molecule has 3 rings (SSSR count). The van der Waals surface area contributed by atoms with Crippen LogP contribution in [0.3, 0.4) is 0 Å². The summed E-state index contributed by atoms with van der Waals surface area (Å²) in [5.74, 6) is -1.41. The quantitative estimate of drug-likeness (QED) is 0.338. The molecule has 0 spiro atoms. The number of aryl methyl sites for hydroxylation is 1. The van der Waals surface area contributed by atoms with Gasteiger partial charge in [0.2, 0.25) is 23.6 Å². The van der Waals surface area contributed by atoms with Crippen LogP contribution in [0.1, 0.15) is 65.6 Å². The Morgan fingerprint density at radius 1 is 1.10 bits per heavy atom. The van der Waals surface area contributed by atoms with Gasteiger partial charge in [0.05, 0.1) is 22.2 Å². The fourth-order valence-electron chi connectivity index (χ4n) is 4.78. The number of carbonyl (C=O) groups excluding carboxylic acids is 4. The Morgan fingerprint density at radius 2 is 1.76 bits per heavy atom. The van der Waals surface area contributed by atoms with Crippen molar-refractivity contribution in [3.63, 3.8) is 0 Å². The van der Waals surface area contributed by atoms with Crippen molar-refractivity contribution >= 4 is 35.0 Å². The Hall–Kier alpha value is -3.31. The van der Waals surface area contributed by atoms with Gasteiger partial charge in [-0.1, -0.05) is 58.9 Å². The van der Waals surface area contributed by atoms with Gasteiger partial charge < -0.3 is 26.0 Å². The lowest BCUT2D eigenvalue weighted by Gasteiger charge is -2.36. The Labute approximate surface area is 246 Å². The number of likely N-dealkylation sites (tertiary alicyclic amines) is 1. The van der Waals surface area contributed by atoms with Gasteiger partial charge in [-0.2, -0.15) is 0 Å². The molecule has 1 aromatic heterocycles. The molecule has 224 valence electrons. The summed E-state index contributed by atoms with van der Waals surface area (Å²) in [5.41, 5.74) is 4.04. The van der Waals surface area contributed by atoms with Crippen LogP contribution in [0.15, 0.2) is 29.8 Å². The van der Waals surface area contributed by atoms with Gasteiger partial charge in [-0.3, -0.25) is 19.2 Å². The fraction of sp³-hybridized carbons (Fsp3) is 0.567. The minimum atomic E-state index is -0.970. The van der Waals surface area contributed by atoms with Crippen molar-refractivity contribution < 1.29 is 24.3 Å². The summed E-state index contributed by atoms with van der Waals surface area (Å²) < 4.78 is 0. The lowest BCUT2D eigenvalue weighted by atomic mass is 9.85. The number of β-amino-alcohol motifs (C(OH)–C–C–N with tert-alkyl or cyclic N) is 1. The predicted molar refractivity (Wildman–Crippen MR) is 159 cm³/mol. The highest BCUT2D eigenvalue weighted by Crippen LogP contribution is 2.28. The number of hydrogen-bond acceptors (Lipinski definition) is 7. The first-order valence-corrected chi connectivity index (χ1v) is 14.9. The van der Waals surface area contributed by atoms with Crippen molar-refractivity contribution in [1.29, 1.82) is 0 Å². The first kappa shape index (κ1) is 32.2. The smallest absolute Gasteiger partial charge is 0.246 e. The summed E-state index contributed by atoms with van der Waals surface area (Å²) in [7, 11) is 0. The van der Waals surface area contributed by atoms with E-state index >= 15 is 0 Å². The van der Waals surface area contributed by atoms with Crippen LogP contribution < -0.4 is 16.0 Å². The van der Waals surface area contributed by atoms with E-state index in [9.17, 15) is 24.3 Å². The zero-order valence-corrected chi connectivity index (χ0v) is 25.8. The normalized spacial score (nSPS) is 18.6. The zero-order chi connectivity index (χ0) is 30.5. The minimum Gasteiger partial charge on any atom is -0.391 e. The molecule has 10 nitrogen and oxygen atoms in total. The zero-order valence-electron chi connectivity index (χ0n) is 25.0. The van der Waals surface area contributed by atoms with Gasteiger partial charge in [-0.05, 0) is 36.3 Å². The summed E-state index contributed by atoms with van der Waals surface area (Å²) in [6, 6.07) is 5.17. The highest BCUT2D eigenvalue weighted by atomic mass is 32.1. The van der Waals surface area contributed by atoms with E-state index < -0.39 is 41.5 Å². The molecular formula is C30H43N5O5S. The lowest BCUT2D eigenvalue weighted by molar-refractivity contribution is -0.144. The van der Waals surface area contributed by atoms with Crippen LogP contribution in [0.2, 0.25) is 0 Å². The molecule has 4 atom stereocenters. The van der Waals surface area contributed by atoms with Gasteiger partial charge in [-0.25, -0.2) is 4.98 Å². The topological polar surface area (TPSA) is 141 Å². The molecule has 2 aromatic rings. The lowest BCUT2D eigenvalue weighted by Crippen LogP contribution is -2.60. The predicted octanol–water partition coefficient (Wildman–Crippen LogP) is 2.78. The van der Waals surface area contributed by atoms with Crippen LogP contribution in [0.4, 0.5) is 0 Å². The molecule has 1 aliphatic rings. The van der Waals surface area contributed by atoms with E-state index in [0.717, 1.165) is 21.7 Å². The number of rotatable bonds is 10. The Morgan fingerprint density at radius 3 is 2.32 bits per heavy atom. The third-order valence-electron chi connectivity index (χ3n) is 7.06. The summed E-state index contributed by atoms with van der Waals surface area (Å²) in [6.07, 6.45) is -0.465. The molecule has 0 bridgehead atoms. The van der Waals surface area contributed by atoms with Gasteiger partial charge in [0, 0.05) is 25.9 Å². The first-order valence-electron chi connectivity index (χ1n) is 14.0. The van der Waals surface area contributed by atoms with Crippen molar-refractivity contribution in [2.24, 2.45) is 11.3 Å². The molecule has 11 heteroatoms. The Balaban J connectivity index is 1.66. The number of benzene rings is 1. The number of thiazole rings is 1. The number of aromatic nitrogens is 1. The van der Waals surface area contributed by atoms with Crippen molar-refractivity contribution in [1.82, 2.24) is 25.8 Å². The van der Waals surface area contributed by atoms with E-state index in [2.05, 4.69) is 20.9 Å². The Bertz CT molecular complexity index is 1240. The van der Waals surface area contributed by atoms with Crippen molar-refractivity contribution in [2.75, 3.05) is 6.54 Å². The molecular weight excluding hydrogens is 542 g/mol. The third-order valence-corrected chi connectivity index (χ3v) is 8.03. The summed E-state index contributed by atoms with van der Waals surface area (Å²) in [5, 5.41) is 18.8. The van der Waals surface area contributed by atoms with Crippen LogP contribution in [0.5, 0.6) is 0 Å². The molecule has 2 heterocycles. The summed E-state index contributed by atoms with van der Waals surface area (Å²) in [6.45, 7) is 13.1. The fourth-order valence-corrected chi connectivity index (χ4v) is 5.60. The molecule has 1 aromatic carbocycles. The molecule has 4 unspecified atom stereocenters. The number of nitrogens with one attached hydrogen (secondary N) is 3. The maximum Gasteiger partial charge on any atom is 0.246 e. The number of aliphatic hydroxyl groups is 1. The number of carbonyl (C=O) groups is 4. The molecule has 0 radical (unpaired) electrons. The van der Waals surface area contributed by atoms with Gasteiger partial charge >= 0.3 is 0 Å². The Kier molecular flexibility index (Phi) is 10.7. The summed E-state index contributed by atoms with van der Waals surface area (Å²) >= 11 is 1.57. The highest BCUT2D eigenvalue weighted by molar-refractivity contribution is 7.13. The average molecular weight is 586 g/mol. The second-order valence-electron chi connectivity index (χ2n) is 12.3. The highest BCUT2D eigenvalue weighted by Gasteiger charge is 2.44. The standard InChI is InChI=1S/C30H43N5O5S/c1-17(2)12-24(37)33-19(4)27(38)34-26(30(5,6)7)29(40)35-15-22(36)13-23(35)28(39)31-14-20-8-10-21(11-9-20)25-18(3)32-16-41-25/h8-11,16-17,19,22-23,26,36H,12-15H2,1-7H3,(H,31,39)(H,33,37)(H,34,38). The number of aliphatic hydroxyl groups excluding tert-OH is 1. The van der Waals surface area contributed by atoms with E-state index in [1.165, 1.54) is 4.90 Å². The number of amides is 4. The van der Waals surface area contributed by atoms with Crippen LogP contribution in [-0.2, 0) is 25.7 Å². The molecule has 41 heavy (non-hydrogen) atoms. The largest absolute Gasteiger partial charge is 0.391 e. The number of nitrogens with zero attached hydrogens (tertiary/aromatic N) is 2. The molecule has 0 saturated carbocycles. The van der Waals surface area contributed by atoms with E-state index in [4.69, 9.17) is 0 Å². The second-order valence-corrected chi connectivity index (χ2v) is 13.1. The van der Waals surface area contributed by atoms with E-state index in [1.54, 1.807) is 18.3 Å². The second kappa shape index (κ2) is 13.6. The van der Waals surface area contributed by atoms with Gasteiger partial charge in [0.15, 0.2) is 0 Å². The third kappa shape index (κ3) is 8.59. The summed E-state index contributed by atoms with van der Waals surface area (Å²) in [4.78, 5) is 58.9. The van der Waals surface area contributed by atoms with Crippen LogP contribution in [0, 0.1) is 18.3 Å². The van der Waals surface area contributed by atoms with Gasteiger partial charge in [-0.15, -0.1) is 11.3 Å². The van der Waals surface area contributed by atoms with Crippen molar-refractivity contribution in [3.8, 4) is 10.4 Å². The molecule has 1 fully saturated rings. The molecule has 4 N–H and O–H groups in total. The van der Waals surface area contributed by atoms with Gasteiger partial charge in [0.1, 0.15) is 18.1 Å². The van der Waals surface area contributed by atoms with E-state index in [1.807, 2.05) is 71.3 Å². The van der Waals surface area contributed by atoms with E-state index in [-0.39, 0.29) is 43.7 Å². The van der Waals surface area contributed by atoms with Crippen molar-refractivity contribution in [2.45, 2.75) is 92.1 Å². The average Bonchev–Trinajstić information content (AvgIpc) is 3.49. The van der Waals surface area contributed by atoms with Crippen molar-refractivity contribution in [3.05, 3.63) is 41.0 Å². The minimum absolute atomic E-state index is 0.0110. The SMILES string of the molecule is Cc1ncsc1-c1ccc(CNC(=O)C2CC(O)CN2C(=O)C(NC(=O)C(C)NC(=O)CC(C)C)C(C)(C)C)cc1. The molecule has 1 aliphatic heterocycles. The van der Waals surface area contributed by atoms with Crippen LogP contribution >= 0.6 is 11.3 Å². The monoisotopic (exact) mass is 585 g/mol. The maximum atomic E-state index is 13.8. The number of hydrogen-bond donors (Lipinski definition) is 4. The molecule has 0 aliphatic carbocycles. The molecule has 4 amide bonds. The molecule has 1 saturated heterocycles. The van der Waals surface area contributed by atoms with Crippen LogP contribution in [0.25, 0.3) is 10.4 Å².